The highest BCUT2D eigenvalue weighted by atomic mass is 32.2. The van der Waals surface area contributed by atoms with Gasteiger partial charge in [-0.3, -0.25) is 0 Å². The van der Waals surface area contributed by atoms with Crippen molar-refractivity contribution in [3.63, 3.8) is 0 Å². The van der Waals surface area contributed by atoms with Gasteiger partial charge in [0.1, 0.15) is 5.69 Å². The van der Waals surface area contributed by atoms with Crippen molar-refractivity contribution in [2.75, 3.05) is 6.61 Å². The molecule has 0 fully saturated rings. The average Bonchev–Trinajstić information content (AvgIpc) is 3.27. The average molecular weight is 397 g/mol. The lowest BCUT2D eigenvalue weighted by molar-refractivity contribution is 0.0516. The normalized spacial score (nSPS) is 10.6. The predicted octanol–water partition coefficient (Wildman–Crippen LogP) is 6.19. The van der Waals surface area contributed by atoms with Crippen molar-refractivity contribution in [1.29, 1.82) is 0 Å². The Morgan fingerprint density at radius 2 is 2.00 bits per heavy atom. The Morgan fingerprint density at radius 3 is 2.56 bits per heavy atom. The third-order valence-electron chi connectivity index (χ3n) is 4.26. The van der Waals surface area contributed by atoms with Crippen LogP contribution in [0.2, 0.25) is 0 Å². The number of hydrogen-bond donors (Lipinski definition) is 0. The summed E-state index contributed by atoms with van der Waals surface area (Å²) >= 11 is 3.40. The molecule has 3 rings (SSSR count). The zero-order valence-electron chi connectivity index (χ0n) is 15.5. The van der Waals surface area contributed by atoms with E-state index in [1.807, 2.05) is 44.3 Å². The minimum absolute atomic E-state index is 0.300. The number of thiophene rings is 1. The van der Waals surface area contributed by atoms with E-state index in [1.54, 1.807) is 34.6 Å². The molecule has 0 unspecified atom stereocenters. The van der Waals surface area contributed by atoms with Gasteiger partial charge in [-0.15, -0.1) is 11.3 Å². The summed E-state index contributed by atoms with van der Waals surface area (Å²) in [6, 6.07) is 12.1. The molecule has 0 atom stereocenters. The smallest absolute Gasteiger partial charge is 0.354 e. The second-order valence-corrected chi connectivity index (χ2v) is 8.14. The lowest BCUT2D eigenvalue weighted by atomic mass is 10.0. The largest absolute Gasteiger partial charge is 0.461 e. The molecular weight excluding hydrogens is 376 g/mol. The van der Waals surface area contributed by atoms with Crippen molar-refractivity contribution in [1.82, 2.24) is 4.57 Å². The first kappa shape index (κ1) is 19.3. The van der Waals surface area contributed by atoms with Crippen molar-refractivity contribution in [3.8, 4) is 11.1 Å². The summed E-state index contributed by atoms with van der Waals surface area (Å²) in [5.41, 5.74) is 3.34. The Morgan fingerprint density at radius 1 is 1.26 bits per heavy atom. The standard InChI is InChI=1S/C21H20N2O2S2/c1-5-16-19(22-3)18(20(23(16)4)21(24)25-6-2)14-9-11-15(12-10-14)27-17-8-7-13-26-17/h7-13H,5-6H2,1-2,4H3. The van der Waals surface area contributed by atoms with E-state index in [-0.39, 0.29) is 0 Å². The fourth-order valence-electron chi connectivity index (χ4n) is 3.08. The summed E-state index contributed by atoms with van der Waals surface area (Å²) in [6.07, 6.45) is 0.674. The van der Waals surface area contributed by atoms with Crippen LogP contribution in [0.3, 0.4) is 0 Å². The Bertz CT molecular complexity index is 981. The van der Waals surface area contributed by atoms with Crippen molar-refractivity contribution in [3.05, 3.63) is 64.6 Å². The van der Waals surface area contributed by atoms with Gasteiger partial charge in [-0.25, -0.2) is 9.64 Å². The predicted molar refractivity (Wildman–Crippen MR) is 111 cm³/mol. The van der Waals surface area contributed by atoms with Crippen LogP contribution >= 0.6 is 23.1 Å². The van der Waals surface area contributed by atoms with Gasteiger partial charge in [-0.2, -0.15) is 0 Å². The molecule has 0 aliphatic carbocycles. The fraction of sp³-hybridized carbons (Fsp3) is 0.238. The highest BCUT2D eigenvalue weighted by molar-refractivity contribution is 8.01. The van der Waals surface area contributed by atoms with E-state index in [1.165, 1.54) is 4.21 Å². The quantitative estimate of drug-likeness (QED) is 0.368. The number of rotatable bonds is 6. The van der Waals surface area contributed by atoms with Crippen molar-refractivity contribution in [2.45, 2.75) is 29.4 Å². The second kappa shape index (κ2) is 8.47. The molecule has 0 radical (unpaired) electrons. The number of benzene rings is 1. The maximum atomic E-state index is 12.6. The molecular formula is C21H20N2O2S2. The van der Waals surface area contributed by atoms with Gasteiger partial charge in [0, 0.05) is 23.2 Å². The lowest BCUT2D eigenvalue weighted by Crippen LogP contribution is -2.12. The molecule has 0 saturated heterocycles. The first-order valence-corrected chi connectivity index (χ1v) is 10.4. The highest BCUT2D eigenvalue weighted by Crippen LogP contribution is 2.41. The van der Waals surface area contributed by atoms with Gasteiger partial charge in [0.2, 0.25) is 5.69 Å². The Labute approximate surface area is 167 Å². The number of hydrogen-bond acceptors (Lipinski definition) is 4. The number of esters is 1. The topological polar surface area (TPSA) is 35.6 Å². The summed E-state index contributed by atoms with van der Waals surface area (Å²) in [5, 5.41) is 2.06. The number of nitrogens with zero attached hydrogens (tertiary/aromatic N) is 2. The molecule has 138 valence electrons. The molecule has 4 nitrogen and oxygen atoms in total. The van der Waals surface area contributed by atoms with E-state index in [4.69, 9.17) is 11.3 Å². The summed E-state index contributed by atoms with van der Waals surface area (Å²) in [4.78, 5) is 17.4. The van der Waals surface area contributed by atoms with Crippen molar-refractivity contribution in [2.24, 2.45) is 7.05 Å². The zero-order chi connectivity index (χ0) is 19.4. The minimum Gasteiger partial charge on any atom is -0.461 e. The van der Waals surface area contributed by atoms with Crippen LogP contribution in [-0.4, -0.2) is 17.1 Å². The highest BCUT2D eigenvalue weighted by Gasteiger charge is 2.26. The van der Waals surface area contributed by atoms with Crippen LogP contribution in [-0.2, 0) is 18.2 Å². The zero-order valence-corrected chi connectivity index (χ0v) is 17.1. The SMILES string of the molecule is [C-]#[N+]c1c(-c2ccc(Sc3cccs3)cc2)c(C(=O)OCC)n(C)c1CC. The van der Waals surface area contributed by atoms with Crippen LogP contribution in [0.5, 0.6) is 0 Å². The van der Waals surface area contributed by atoms with E-state index in [9.17, 15) is 4.79 Å². The van der Waals surface area contributed by atoms with Gasteiger partial charge in [0.15, 0.2) is 0 Å². The molecule has 6 heteroatoms. The maximum Gasteiger partial charge on any atom is 0.354 e. The van der Waals surface area contributed by atoms with Gasteiger partial charge in [-0.05, 0) is 42.5 Å². The summed E-state index contributed by atoms with van der Waals surface area (Å²) in [5.74, 6) is -0.392. The molecule has 0 amide bonds. The van der Waals surface area contributed by atoms with Crippen molar-refractivity contribution < 1.29 is 9.53 Å². The fourth-order valence-corrected chi connectivity index (χ4v) is 4.83. The monoisotopic (exact) mass is 396 g/mol. The second-order valence-electron chi connectivity index (χ2n) is 5.82. The summed E-state index contributed by atoms with van der Waals surface area (Å²) < 4.78 is 8.28. The third kappa shape index (κ3) is 3.80. The number of carbonyl (C=O) groups is 1. The van der Waals surface area contributed by atoms with Gasteiger partial charge >= 0.3 is 5.97 Å². The van der Waals surface area contributed by atoms with Crippen LogP contribution < -0.4 is 0 Å². The molecule has 0 bridgehead atoms. The van der Waals surface area contributed by atoms with Crippen LogP contribution in [0.4, 0.5) is 5.69 Å². The molecule has 27 heavy (non-hydrogen) atoms. The van der Waals surface area contributed by atoms with Gasteiger partial charge in [0.05, 0.1) is 17.4 Å². The molecule has 2 aromatic heterocycles. The van der Waals surface area contributed by atoms with Crippen molar-refractivity contribution >= 4 is 34.8 Å². The Hall–Kier alpha value is -2.49. The molecule has 0 saturated carbocycles. The molecule has 0 aliphatic rings. The van der Waals surface area contributed by atoms with Gasteiger partial charge in [0.25, 0.3) is 0 Å². The van der Waals surface area contributed by atoms with Crippen LogP contribution in [0, 0.1) is 6.57 Å². The molecule has 2 heterocycles. The van der Waals surface area contributed by atoms with E-state index in [0.29, 0.717) is 30.0 Å². The minimum atomic E-state index is -0.392. The van der Waals surface area contributed by atoms with Gasteiger partial charge < -0.3 is 9.30 Å². The Balaban J connectivity index is 2.07. The molecule has 0 N–H and O–H groups in total. The maximum absolute atomic E-state index is 12.6. The summed E-state index contributed by atoms with van der Waals surface area (Å²) in [7, 11) is 1.82. The first-order valence-electron chi connectivity index (χ1n) is 8.68. The van der Waals surface area contributed by atoms with E-state index in [0.717, 1.165) is 16.2 Å². The molecule has 1 aromatic carbocycles. The first-order chi connectivity index (χ1) is 13.1. The molecule has 3 aromatic rings. The van der Waals surface area contributed by atoms with Crippen LogP contribution in [0.25, 0.3) is 16.0 Å². The van der Waals surface area contributed by atoms with Gasteiger partial charge in [-0.1, -0.05) is 36.9 Å². The van der Waals surface area contributed by atoms with E-state index >= 15 is 0 Å². The van der Waals surface area contributed by atoms with E-state index in [2.05, 4.69) is 16.3 Å². The molecule has 0 aliphatic heterocycles. The number of ether oxygens (including phenoxy) is 1. The Kier molecular flexibility index (Phi) is 6.04. The summed E-state index contributed by atoms with van der Waals surface area (Å²) in [6.45, 7) is 11.7. The van der Waals surface area contributed by atoms with Crippen LogP contribution in [0.1, 0.15) is 30.0 Å². The number of aromatic nitrogens is 1. The lowest BCUT2D eigenvalue weighted by Gasteiger charge is -2.09. The van der Waals surface area contributed by atoms with E-state index < -0.39 is 5.97 Å². The number of carbonyl (C=O) groups excluding carboxylic acids is 1. The molecule has 0 spiro atoms. The van der Waals surface area contributed by atoms with Crippen LogP contribution in [0.15, 0.2) is 50.9 Å². The third-order valence-corrected chi connectivity index (χ3v) is 6.30.